The minimum Gasteiger partial charge on any atom is -0.497 e. The average molecular weight is 530 g/mol. The second kappa shape index (κ2) is 13.3. The SMILES string of the molecule is COc1cc(OC)c2c(c1)C(CCCCCCCCCN1CCC(N3CCC(=O)N(C)C3=O)CC1)OC2=O. The van der Waals surface area contributed by atoms with Crippen molar-refractivity contribution in [2.24, 2.45) is 0 Å². The monoisotopic (exact) mass is 529 g/mol. The molecule has 9 nitrogen and oxygen atoms in total. The number of amides is 3. The Hall–Kier alpha value is -2.81. The van der Waals surface area contributed by atoms with Crippen molar-refractivity contribution in [3.63, 3.8) is 0 Å². The first kappa shape index (κ1) is 28.2. The van der Waals surface area contributed by atoms with Crippen molar-refractivity contribution in [1.82, 2.24) is 14.7 Å². The van der Waals surface area contributed by atoms with Crippen LogP contribution in [0, 0.1) is 0 Å². The van der Waals surface area contributed by atoms with E-state index in [2.05, 4.69) is 4.90 Å². The molecular weight excluding hydrogens is 486 g/mol. The lowest BCUT2D eigenvalue weighted by Crippen LogP contribution is -2.56. The smallest absolute Gasteiger partial charge is 0.342 e. The molecule has 0 radical (unpaired) electrons. The zero-order valence-corrected chi connectivity index (χ0v) is 23.2. The molecule has 0 saturated carbocycles. The van der Waals surface area contributed by atoms with Gasteiger partial charge in [-0.3, -0.25) is 9.69 Å². The highest BCUT2D eigenvalue weighted by molar-refractivity contribution is 5.97. The summed E-state index contributed by atoms with van der Waals surface area (Å²) in [5.74, 6) is 0.809. The van der Waals surface area contributed by atoms with Crippen LogP contribution in [0.15, 0.2) is 12.1 Å². The van der Waals surface area contributed by atoms with Crippen LogP contribution in [0.4, 0.5) is 4.79 Å². The van der Waals surface area contributed by atoms with Gasteiger partial charge in [0.15, 0.2) is 0 Å². The molecule has 1 unspecified atom stereocenters. The van der Waals surface area contributed by atoms with Gasteiger partial charge in [0.1, 0.15) is 23.2 Å². The Bertz CT molecular complexity index is 991. The molecule has 2 saturated heterocycles. The van der Waals surface area contributed by atoms with E-state index in [4.69, 9.17) is 14.2 Å². The molecule has 1 atom stereocenters. The molecule has 4 rings (SSSR count). The zero-order valence-electron chi connectivity index (χ0n) is 23.2. The Morgan fingerprint density at radius 2 is 1.58 bits per heavy atom. The summed E-state index contributed by atoms with van der Waals surface area (Å²) >= 11 is 0. The Morgan fingerprint density at radius 1 is 0.895 bits per heavy atom. The number of carbonyl (C=O) groups is 3. The van der Waals surface area contributed by atoms with Gasteiger partial charge in [-0.25, -0.2) is 9.59 Å². The van der Waals surface area contributed by atoms with Crippen molar-refractivity contribution in [2.75, 3.05) is 47.4 Å². The number of unbranched alkanes of at least 4 members (excludes halogenated alkanes) is 6. The maximum Gasteiger partial charge on any atom is 0.342 e. The van der Waals surface area contributed by atoms with Crippen molar-refractivity contribution >= 4 is 17.9 Å². The molecule has 2 fully saturated rings. The molecule has 0 aliphatic carbocycles. The number of carbonyl (C=O) groups excluding carboxylic acids is 3. The standard InChI is InChI=1S/C29H43N3O6/c1-30-26(33)14-18-32(29(30)35)21-12-16-31(17-13-21)15-10-8-6-4-5-7-9-11-24-23-19-22(36-2)20-25(37-3)27(23)28(34)38-24/h19-21,24H,4-18H2,1-3H3. The van der Waals surface area contributed by atoms with Crippen LogP contribution < -0.4 is 9.47 Å². The number of ether oxygens (including phenoxy) is 3. The highest BCUT2D eigenvalue weighted by Crippen LogP contribution is 2.41. The molecule has 3 heterocycles. The predicted molar refractivity (Wildman–Crippen MR) is 144 cm³/mol. The fourth-order valence-electron chi connectivity index (χ4n) is 5.95. The van der Waals surface area contributed by atoms with Crippen molar-refractivity contribution in [1.29, 1.82) is 0 Å². The van der Waals surface area contributed by atoms with Gasteiger partial charge in [-0.05, 0) is 44.7 Å². The maximum absolute atomic E-state index is 12.4. The van der Waals surface area contributed by atoms with Gasteiger partial charge >= 0.3 is 12.0 Å². The van der Waals surface area contributed by atoms with Gasteiger partial charge in [-0.15, -0.1) is 0 Å². The predicted octanol–water partition coefficient (Wildman–Crippen LogP) is 4.78. The third-order valence-electron chi connectivity index (χ3n) is 8.27. The zero-order chi connectivity index (χ0) is 27.1. The normalized spacial score (nSPS) is 20.6. The lowest BCUT2D eigenvalue weighted by Gasteiger charge is -2.41. The molecule has 1 aromatic rings. The number of likely N-dealkylation sites (tertiary alicyclic amines) is 1. The Kier molecular flexibility index (Phi) is 9.88. The molecule has 3 aliphatic rings. The summed E-state index contributed by atoms with van der Waals surface area (Å²) in [7, 11) is 4.76. The molecule has 3 amide bonds. The highest BCUT2D eigenvalue weighted by Gasteiger charge is 2.36. The molecule has 1 aromatic carbocycles. The molecule has 0 aromatic heterocycles. The number of rotatable bonds is 13. The van der Waals surface area contributed by atoms with Crippen LogP contribution >= 0.6 is 0 Å². The topological polar surface area (TPSA) is 88.6 Å². The number of piperidine rings is 1. The summed E-state index contributed by atoms with van der Waals surface area (Å²) in [6, 6.07) is 3.75. The molecule has 0 spiro atoms. The minimum absolute atomic E-state index is 0.0733. The van der Waals surface area contributed by atoms with Crippen LogP contribution in [0.5, 0.6) is 11.5 Å². The van der Waals surface area contributed by atoms with E-state index in [0.29, 0.717) is 30.0 Å². The first-order valence-corrected chi connectivity index (χ1v) is 14.2. The number of imide groups is 1. The van der Waals surface area contributed by atoms with Crippen LogP contribution in [0.3, 0.4) is 0 Å². The lowest BCUT2D eigenvalue weighted by molar-refractivity contribution is -0.130. The summed E-state index contributed by atoms with van der Waals surface area (Å²) in [6.45, 7) is 3.74. The van der Waals surface area contributed by atoms with Crippen molar-refractivity contribution < 1.29 is 28.6 Å². The fourth-order valence-corrected chi connectivity index (χ4v) is 5.95. The number of fused-ring (bicyclic) bond motifs is 1. The fraction of sp³-hybridized carbons (Fsp3) is 0.690. The van der Waals surface area contributed by atoms with Crippen LogP contribution in [0.25, 0.3) is 0 Å². The Balaban J connectivity index is 1.05. The van der Waals surface area contributed by atoms with Gasteiger partial charge in [-0.1, -0.05) is 32.1 Å². The molecule has 210 valence electrons. The number of hydrogen-bond acceptors (Lipinski definition) is 7. The third-order valence-corrected chi connectivity index (χ3v) is 8.27. The number of cyclic esters (lactones) is 1. The third kappa shape index (κ3) is 6.60. The van der Waals surface area contributed by atoms with E-state index < -0.39 is 0 Å². The van der Waals surface area contributed by atoms with Gasteiger partial charge in [0.25, 0.3) is 0 Å². The number of methoxy groups -OCH3 is 2. The molecular formula is C29H43N3O6. The second-order valence-electron chi connectivity index (χ2n) is 10.7. The number of urea groups is 1. The van der Waals surface area contributed by atoms with E-state index in [0.717, 1.165) is 57.3 Å². The average Bonchev–Trinajstić information content (AvgIpc) is 3.25. The van der Waals surface area contributed by atoms with Gasteiger partial charge in [0, 0.05) is 50.8 Å². The number of esters is 1. The van der Waals surface area contributed by atoms with Gasteiger partial charge in [0.05, 0.1) is 14.2 Å². The van der Waals surface area contributed by atoms with E-state index in [1.807, 2.05) is 11.0 Å². The summed E-state index contributed by atoms with van der Waals surface area (Å²) in [5.41, 5.74) is 1.41. The molecule has 38 heavy (non-hydrogen) atoms. The van der Waals surface area contributed by atoms with Crippen LogP contribution in [-0.4, -0.2) is 86.1 Å². The molecule has 0 N–H and O–H groups in total. The second-order valence-corrected chi connectivity index (χ2v) is 10.7. The lowest BCUT2D eigenvalue weighted by atomic mass is 9.98. The Morgan fingerprint density at radius 3 is 2.26 bits per heavy atom. The van der Waals surface area contributed by atoms with Gasteiger partial charge in [0.2, 0.25) is 5.91 Å². The van der Waals surface area contributed by atoms with Crippen LogP contribution in [0.1, 0.15) is 92.7 Å². The number of benzene rings is 1. The van der Waals surface area contributed by atoms with Crippen LogP contribution in [-0.2, 0) is 9.53 Å². The van der Waals surface area contributed by atoms with Crippen LogP contribution in [0.2, 0.25) is 0 Å². The summed E-state index contributed by atoms with van der Waals surface area (Å²) in [6.07, 6.45) is 11.3. The van der Waals surface area contributed by atoms with E-state index in [1.54, 1.807) is 27.3 Å². The molecule has 3 aliphatic heterocycles. The van der Waals surface area contributed by atoms with Crippen molar-refractivity contribution in [3.8, 4) is 11.5 Å². The quantitative estimate of drug-likeness (QED) is 0.268. The van der Waals surface area contributed by atoms with Crippen molar-refractivity contribution in [3.05, 3.63) is 23.3 Å². The first-order valence-electron chi connectivity index (χ1n) is 14.2. The number of hydrogen-bond donors (Lipinski definition) is 0. The van der Waals surface area contributed by atoms with E-state index >= 15 is 0 Å². The number of nitrogens with zero attached hydrogens (tertiary/aromatic N) is 3. The Labute approximate surface area is 226 Å². The summed E-state index contributed by atoms with van der Waals surface area (Å²) < 4.78 is 16.4. The van der Waals surface area contributed by atoms with Gasteiger partial charge in [-0.2, -0.15) is 0 Å². The molecule has 9 heteroatoms. The van der Waals surface area contributed by atoms with E-state index in [1.165, 1.54) is 37.0 Å². The summed E-state index contributed by atoms with van der Waals surface area (Å²) in [5, 5.41) is 0. The van der Waals surface area contributed by atoms with Crippen molar-refractivity contribution in [2.45, 2.75) is 82.8 Å². The summed E-state index contributed by atoms with van der Waals surface area (Å²) in [4.78, 5) is 42.2. The molecule has 0 bridgehead atoms. The maximum atomic E-state index is 12.4. The highest BCUT2D eigenvalue weighted by atomic mass is 16.6. The minimum atomic E-state index is -0.308. The first-order chi connectivity index (χ1) is 18.4. The van der Waals surface area contributed by atoms with Gasteiger partial charge < -0.3 is 24.0 Å². The van der Waals surface area contributed by atoms with E-state index in [-0.39, 0.29) is 30.1 Å². The van der Waals surface area contributed by atoms with E-state index in [9.17, 15) is 14.4 Å². The largest absolute Gasteiger partial charge is 0.497 e.